The number of fused-ring (bicyclic) bond motifs is 1. The van der Waals surface area contributed by atoms with Crippen LogP contribution in [0.1, 0.15) is 45.1 Å². The Morgan fingerprint density at radius 1 is 1.23 bits per heavy atom. The molecule has 4 nitrogen and oxygen atoms in total. The van der Waals surface area contributed by atoms with Crippen molar-refractivity contribution in [1.29, 1.82) is 0 Å². The zero-order valence-corrected chi connectivity index (χ0v) is 16.6. The molecule has 0 spiro atoms. The van der Waals surface area contributed by atoms with Crippen LogP contribution in [0.5, 0.6) is 5.75 Å². The van der Waals surface area contributed by atoms with E-state index in [0.717, 1.165) is 18.1 Å². The maximum Gasteiger partial charge on any atom is 0.463 e. The van der Waals surface area contributed by atoms with Gasteiger partial charge in [0.15, 0.2) is 0 Å². The van der Waals surface area contributed by atoms with Crippen molar-refractivity contribution in [2.45, 2.75) is 57.1 Å². The lowest BCUT2D eigenvalue weighted by Crippen LogP contribution is -2.65. The summed E-state index contributed by atoms with van der Waals surface area (Å²) in [5.41, 5.74) is 7.64. The highest BCUT2D eigenvalue weighted by Crippen LogP contribution is 2.66. The van der Waals surface area contributed by atoms with Gasteiger partial charge in [0.1, 0.15) is 5.75 Å². The van der Waals surface area contributed by atoms with Crippen molar-refractivity contribution >= 4 is 19.5 Å². The zero-order chi connectivity index (χ0) is 17.4. The van der Waals surface area contributed by atoms with Crippen LogP contribution in [0.15, 0.2) is 24.3 Å². The van der Waals surface area contributed by atoms with Crippen molar-refractivity contribution in [3.63, 3.8) is 0 Å². The molecule has 2 aliphatic heterocycles. The third-order valence-electron chi connectivity index (χ3n) is 7.84. The Morgan fingerprint density at radius 3 is 2.73 bits per heavy atom. The molecule has 142 valence electrons. The van der Waals surface area contributed by atoms with Crippen LogP contribution in [0.25, 0.3) is 0 Å². The fourth-order valence-corrected chi connectivity index (χ4v) is 6.09. The second-order valence-corrected chi connectivity index (χ2v) is 9.19. The molecule has 2 N–H and O–H groups in total. The number of ether oxygens (including phenoxy) is 1. The molecule has 1 aromatic carbocycles. The first-order valence-corrected chi connectivity index (χ1v) is 9.70. The molecular formula is C20H29BClNO3. The zero-order valence-electron chi connectivity index (χ0n) is 15.8. The summed E-state index contributed by atoms with van der Waals surface area (Å²) in [4.78, 5) is 0. The van der Waals surface area contributed by atoms with Crippen LogP contribution in [0.3, 0.4) is 0 Å². The second kappa shape index (κ2) is 6.13. The van der Waals surface area contributed by atoms with E-state index in [-0.39, 0.29) is 43.0 Å². The summed E-state index contributed by atoms with van der Waals surface area (Å²) in [5, 5.41) is 0. The molecule has 1 unspecified atom stereocenters. The Balaban J connectivity index is 0.00000168. The third kappa shape index (κ3) is 2.33. The van der Waals surface area contributed by atoms with Crippen LogP contribution in [-0.2, 0) is 9.31 Å². The topological polar surface area (TPSA) is 53.7 Å². The number of halogens is 1. The summed E-state index contributed by atoms with van der Waals surface area (Å²) in [6, 6.07) is 8.28. The molecule has 4 fully saturated rings. The van der Waals surface area contributed by atoms with E-state index in [2.05, 4.69) is 32.9 Å². The lowest BCUT2D eigenvalue weighted by Gasteiger charge is -2.64. The maximum absolute atomic E-state index is 6.66. The van der Waals surface area contributed by atoms with Gasteiger partial charge in [0, 0.05) is 17.3 Å². The van der Waals surface area contributed by atoms with E-state index in [1.54, 1.807) is 0 Å². The maximum atomic E-state index is 6.66. The Bertz CT molecular complexity index is 701. The smallest absolute Gasteiger partial charge is 0.463 e. The first-order valence-electron chi connectivity index (χ1n) is 9.70. The number of benzene rings is 1. The first kappa shape index (κ1) is 18.6. The van der Waals surface area contributed by atoms with Crippen LogP contribution in [0.2, 0.25) is 5.82 Å². The number of rotatable bonds is 3. The van der Waals surface area contributed by atoms with Gasteiger partial charge in [-0.2, -0.15) is 0 Å². The molecule has 2 bridgehead atoms. The van der Waals surface area contributed by atoms with Gasteiger partial charge in [0.25, 0.3) is 0 Å². The summed E-state index contributed by atoms with van der Waals surface area (Å²) in [6.07, 6.45) is 2.60. The standard InChI is InChI=1S/C20H28BNO3.ClH/c1-19(2)12-8-17(19)20(3)18(9-12)24-21(25-20)15(10-22)14-11-23-16-7-5-4-6-13(14)16;/h4-7,12,14-15,17-18H,8-11,22H2,1-3H3;1H/t12-,14?,15-,17-,18+,20-;/m0./s1. The lowest BCUT2D eigenvalue weighted by atomic mass is 9.43. The number of hydrogen-bond donors (Lipinski definition) is 1. The van der Waals surface area contributed by atoms with Crippen LogP contribution in [-0.4, -0.2) is 32.0 Å². The molecule has 3 aliphatic carbocycles. The van der Waals surface area contributed by atoms with Crippen molar-refractivity contribution < 1.29 is 14.0 Å². The van der Waals surface area contributed by atoms with E-state index in [0.29, 0.717) is 24.5 Å². The van der Waals surface area contributed by atoms with Gasteiger partial charge in [-0.1, -0.05) is 32.0 Å². The van der Waals surface area contributed by atoms with Gasteiger partial charge in [-0.25, -0.2) is 0 Å². The molecule has 1 aromatic rings. The molecule has 0 aromatic heterocycles. The molecular weight excluding hydrogens is 348 g/mol. The Hall–Kier alpha value is -0.745. The van der Waals surface area contributed by atoms with Crippen molar-refractivity contribution in [2.24, 2.45) is 23.0 Å². The Labute approximate surface area is 162 Å². The van der Waals surface area contributed by atoms with E-state index in [1.165, 1.54) is 12.0 Å². The summed E-state index contributed by atoms with van der Waals surface area (Å²) in [6.45, 7) is 8.28. The minimum Gasteiger partial charge on any atom is -0.493 e. The highest BCUT2D eigenvalue weighted by molar-refractivity contribution is 6.47. The predicted octanol–water partition coefficient (Wildman–Crippen LogP) is 3.64. The van der Waals surface area contributed by atoms with Crippen LogP contribution in [0, 0.1) is 17.3 Å². The molecule has 6 atom stereocenters. The molecule has 6 heteroatoms. The number of para-hydroxylation sites is 1. The van der Waals surface area contributed by atoms with Crippen molar-refractivity contribution in [3.05, 3.63) is 29.8 Å². The van der Waals surface area contributed by atoms with E-state index in [1.807, 2.05) is 12.1 Å². The lowest BCUT2D eigenvalue weighted by molar-refractivity contribution is -0.199. The summed E-state index contributed by atoms with van der Waals surface area (Å²) in [5.74, 6) is 2.71. The van der Waals surface area contributed by atoms with E-state index >= 15 is 0 Å². The second-order valence-electron chi connectivity index (χ2n) is 9.19. The fraction of sp³-hybridized carbons (Fsp3) is 0.700. The molecule has 26 heavy (non-hydrogen) atoms. The predicted molar refractivity (Wildman–Crippen MR) is 105 cm³/mol. The average molecular weight is 378 g/mol. The van der Waals surface area contributed by atoms with Gasteiger partial charge in [-0.15, -0.1) is 12.4 Å². The van der Waals surface area contributed by atoms with Crippen molar-refractivity contribution in [3.8, 4) is 5.75 Å². The highest BCUT2D eigenvalue weighted by Gasteiger charge is 2.68. The molecule has 2 heterocycles. The highest BCUT2D eigenvalue weighted by atomic mass is 35.5. The van der Waals surface area contributed by atoms with Gasteiger partial charge >= 0.3 is 7.12 Å². The van der Waals surface area contributed by atoms with E-state index in [9.17, 15) is 0 Å². The number of nitrogens with two attached hydrogens (primary N) is 1. The molecule has 6 rings (SSSR count). The van der Waals surface area contributed by atoms with Gasteiger partial charge in [-0.3, -0.25) is 0 Å². The number of hydrogen-bond acceptors (Lipinski definition) is 4. The molecule has 0 amide bonds. The normalized spacial score (nSPS) is 39.9. The molecule has 0 radical (unpaired) electrons. The Kier molecular flexibility index (Phi) is 4.39. The quantitative estimate of drug-likeness (QED) is 0.817. The van der Waals surface area contributed by atoms with Crippen LogP contribution >= 0.6 is 12.4 Å². The largest absolute Gasteiger partial charge is 0.493 e. The fourth-order valence-electron chi connectivity index (χ4n) is 6.09. The summed E-state index contributed by atoms with van der Waals surface area (Å²) < 4.78 is 19.0. The molecule has 3 saturated carbocycles. The van der Waals surface area contributed by atoms with Gasteiger partial charge in [0.2, 0.25) is 0 Å². The average Bonchev–Trinajstić information content (AvgIpc) is 3.16. The summed E-state index contributed by atoms with van der Waals surface area (Å²) >= 11 is 0. The van der Waals surface area contributed by atoms with Gasteiger partial charge < -0.3 is 19.8 Å². The van der Waals surface area contributed by atoms with E-state index in [4.69, 9.17) is 19.8 Å². The SMILES string of the molecule is CC1(C)[C@@H]2C[C@H]3OB([C@@H](CN)C4COc5ccccc54)O[C@@]3(C)[C@H]1C2.Cl. The molecule has 5 aliphatic rings. The first-order chi connectivity index (χ1) is 11.9. The van der Waals surface area contributed by atoms with E-state index < -0.39 is 0 Å². The van der Waals surface area contributed by atoms with Gasteiger partial charge in [-0.05, 0) is 49.6 Å². The Morgan fingerprint density at radius 2 is 2.00 bits per heavy atom. The summed E-state index contributed by atoms with van der Waals surface area (Å²) in [7, 11) is -0.227. The monoisotopic (exact) mass is 377 g/mol. The van der Waals surface area contributed by atoms with Gasteiger partial charge in [0.05, 0.1) is 18.3 Å². The van der Waals surface area contributed by atoms with Crippen molar-refractivity contribution in [1.82, 2.24) is 0 Å². The molecule has 1 saturated heterocycles. The minimum absolute atomic E-state index is 0. The third-order valence-corrected chi connectivity index (χ3v) is 7.84. The van der Waals surface area contributed by atoms with Crippen molar-refractivity contribution in [2.75, 3.05) is 13.2 Å². The van der Waals surface area contributed by atoms with Crippen LogP contribution < -0.4 is 10.5 Å². The van der Waals surface area contributed by atoms with Crippen LogP contribution in [0.4, 0.5) is 0 Å². The minimum atomic E-state index is -0.227.